The number of nitrogens with two attached hydrogens (primary N) is 1. The van der Waals surface area contributed by atoms with Crippen molar-refractivity contribution in [2.45, 2.75) is 32.4 Å². The Morgan fingerprint density at radius 1 is 1.50 bits per heavy atom. The summed E-state index contributed by atoms with van der Waals surface area (Å²) in [5.74, 6) is 0. The van der Waals surface area contributed by atoms with Crippen LogP contribution >= 0.6 is 0 Å². The zero-order chi connectivity index (χ0) is 7.98. The van der Waals surface area contributed by atoms with Gasteiger partial charge in [-0.25, -0.2) is 0 Å². The lowest BCUT2D eigenvalue weighted by atomic mass is 10.2. The minimum absolute atomic E-state index is 0.129. The minimum atomic E-state index is 0.129. The van der Waals surface area contributed by atoms with E-state index in [-0.39, 0.29) is 12.1 Å². The van der Waals surface area contributed by atoms with Crippen LogP contribution in [0.25, 0.3) is 0 Å². The Morgan fingerprint density at radius 2 is 2.10 bits per heavy atom. The summed E-state index contributed by atoms with van der Waals surface area (Å²) in [4.78, 5) is 0. The lowest BCUT2D eigenvalue weighted by Crippen LogP contribution is -2.13. The number of rotatable bonds is 4. The van der Waals surface area contributed by atoms with Crippen LogP contribution in [0, 0.1) is 0 Å². The molecule has 0 radical (unpaired) electrons. The monoisotopic (exact) mass is 143 g/mol. The molecule has 0 aromatic rings. The van der Waals surface area contributed by atoms with E-state index in [1.807, 2.05) is 19.1 Å². The van der Waals surface area contributed by atoms with Crippen LogP contribution in [0.1, 0.15) is 20.3 Å². The van der Waals surface area contributed by atoms with E-state index in [4.69, 9.17) is 10.5 Å². The van der Waals surface area contributed by atoms with Crippen molar-refractivity contribution in [1.82, 2.24) is 0 Å². The van der Waals surface area contributed by atoms with E-state index in [0.717, 1.165) is 6.42 Å². The van der Waals surface area contributed by atoms with Crippen LogP contribution in [0.2, 0.25) is 0 Å². The summed E-state index contributed by atoms with van der Waals surface area (Å²) < 4.78 is 5.11. The summed E-state index contributed by atoms with van der Waals surface area (Å²) in [5, 5.41) is 0. The first-order chi connectivity index (χ1) is 4.70. The second kappa shape index (κ2) is 5.45. The van der Waals surface area contributed by atoms with Crippen LogP contribution in [0.4, 0.5) is 0 Å². The predicted octanol–water partition coefficient (Wildman–Crippen LogP) is 1.31. The summed E-state index contributed by atoms with van der Waals surface area (Å²) in [6, 6.07) is 0.129. The fourth-order valence-corrected chi connectivity index (χ4v) is 0.681. The topological polar surface area (TPSA) is 35.2 Å². The molecular formula is C8H17NO. The third kappa shape index (κ3) is 4.53. The molecule has 2 atom stereocenters. The van der Waals surface area contributed by atoms with Gasteiger partial charge in [0, 0.05) is 13.2 Å². The minimum Gasteiger partial charge on any atom is -0.377 e. The van der Waals surface area contributed by atoms with E-state index >= 15 is 0 Å². The van der Waals surface area contributed by atoms with Gasteiger partial charge in [-0.1, -0.05) is 19.1 Å². The van der Waals surface area contributed by atoms with Crippen LogP contribution in [-0.2, 0) is 4.74 Å². The van der Waals surface area contributed by atoms with Crippen LogP contribution in [-0.4, -0.2) is 19.3 Å². The van der Waals surface area contributed by atoms with E-state index in [0.29, 0.717) is 0 Å². The average Bonchev–Trinajstić information content (AvgIpc) is 1.90. The van der Waals surface area contributed by atoms with Gasteiger partial charge in [-0.3, -0.25) is 0 Å². The van der Waals surface area contributed by atoms with Gasteiger partial charge < -0.3 is 10.5 Å². The molecule has 0 aromatic heterocycles. The molecule has 0 saturated heterocycles. The van der Waals surface area contributed by atoms with Gasteiger partial charge >= 0.3 is 0 Å². The highest BCUT2D eigenvalue weighted by molar-refractivity contribution is 4.93. The Morgan fingerprint density at radius 3 is 2.40 bits per heavy atom. The van der Waals surface area contributed by atoms with Crippen molar-refractivity contribution in [2.75, 3.05) is 7.11 Å². The molecule has 0 aromatic carbocycles. The molecule has 2 unspecified atom stereocenters. The van der Waals surface area contributed by atoms with Gasteiger partial charge in [-0.05, 0) is 13.3 Å². The maximum absolute atomic E-state index is 5.51. The first-order valence-electron chi connectivity index (χ1n) is 3.67. The Labute approximate surface area is 63.1 Å². The van der Waals surface area contributed by atoms with Gasteiger partial charge in [0.05, 0.1) is 6.10 Å². The van der Waals surface area contributed by atoms with Crippen molar-refractivity contribution >= 4 is 0 Å². The zero-order valence-electron chi connectivity index (χ0n) is 7.00. The Balaban J connectivity index is 3.61. The molecule has 0 bridgehead atoms. The second-order valence-corrected chi connectivity index (χ2v) is 2.43. The number of hydrogen-bond acceptors (Lipinski definition) is 2. The van der Waals surface area contributed by atoms with E-state index in [9.17, 15) is 0 Å². The normalized spacial score (nSPS) is 17.6. The highest BCUT2D eigenvalue weighted by atomic mass is 16.5. The summed E-state index contributed by atoms with van der Waals surface area (Å²) in [7, 11) is 1.71. The maximum atomic E-state index is 5.51. The van der Waals surface area contributed by atoms with Crippen molar-refractivity contribution in [1.29, 1.82) is 0 Å². The largest absolute Gasteiger partial charge is 0.377 e. The second-order valence-electron chi connectivity index (χ2n) is 2.43. The lowest BCUT2D eigenvalue weighted by Gasteiger charge is -2.06. The zero-order valence-corrected chi connectivity index (χ0v) is 7.00. The summed E-state index contributed by atoms with van der Waals surface area (Å²) in [5.41, 5.74) is 5.51. The van der Waals surface area contributed by atoms with Crippen molar-refractivity contribution < 1.29 is 4.74 Å². The van der Waals surface area contributed by atoms with E-state index in [2.05, 4.69) is 6.92 Å². The van der Waals surface area contributed by atoms with Crippen LogP contribution < -0.4 is 5.73 Å². The van der Waals surface area contributed by atoms with E-state index in [1.54, 1.807) is 7.11 Å². The molecule has 0 fully saturated rings. The molecule has 0 aliphatic carbocycles. The fraction of sp³-hybridized carbons (Fsp3) is 0.750. The molecular weight excluding hydrogens is 126 g/mol. The predicted molar refractivity (Wildman–Crippen MR) is 43.9 cm³/mol. The molecule has 2 heteroatoms. The molecule has 0 aliphatic rings. The molecule has 0 aliphatic heterocycles. The molecule has 10 heavy (non-hydrogen) atoms. The molecule has 0 heterocycles. The first-order valence-corrected chi connectivity index (χ1v) is 3.67. The third-order valence-electron chi connectivity index (χ3n) is 1.33. The van der Waals surface area contributed by atoms with Crippen molar-refractivity contribution in [2.24, 2.45) is 5.73 Å². The molecule has 0 spiro atoms. The standard InChI is InChI=1S/C8H17NO/c1-4-8(10-3)6-5-7(2)9/h5-8H,4,9H2,1-3H3/b6-5+. The Kier molecular flexibility index (Phi) is 5.26. The first kappa shape index (κ1) is 9.66. The van der Waals surface area contributed by atoms with E-state index < -0.39 is 0 Å². The average molecular weight is 143 g/mol. The van der Waals surface area contributed by atoms with E-state index in [1.165, 1.54) is 0 Å². The van der Waals surface area contributed by atoms with Gasteiger partial charge in [0.1, 0.15) is 0 Å². The number of methoxy groups -OCH3 is 1. The number of hydrogen-bond donors (Lipinski definition) is 1. The lowest BCUT2D eigenvalue weighted by molar-refractivity contribution is 0.137. The highest BCUT2D eigenvalue weighted by Gasteiger charge is 1.96. The van der Waals surface area contributed by atoms with Crippen molar-refractivity contribution in [3.8, 4) is 0 Å². The molecule has 60 valence electrons. The van der Waals surface area contributed by atoms with Gasteiger partial charge in [-0.2, -0.15) is 0 Å². The van der Waals surface area contributed by atoms with Crippen molar-refractivity contribution in [3.63, 3.8) is 0 Å². The Bertz CT molecular complexity index is 95.4. The quantitative estimate of drug-likeness (QED) is 0.602. The fourth-order valence-electron chi connectivity index (χ4n) is 0.681. The summed E-state index contributed by atoms with van der Waals surface area (Å²) >= 11 is 0. The van der Waals surface area contributed by atoms with Crippen molar-refractivity contribution in [3.05, 3.63) is 12.2 Å². The smallest absolute Gasteiger partial charge is 0.0749 e. The van der Waals surface area contributed by atoms with Crippen LogP contribution in [0.3, 0.4) is 0 Å². The molecule has 2 nitrogen and oxygen atoms in total. The number of ether oxygens (including phenoxy) is 1. The Hall–Kier alpha value is -0.340. The summed E-state index contributed by atoms with van der Waals surface area (Å²) in [6.45, 7) is 4.03. The molecule has 0 saturated carbocycles. The van der Waals surface area contributed by atoms with Crippen LogP contribution in [0.5, 0.6) is 0 Å². The highest BCUT2D eigenvalue weighted by Crippen LogP contribution is 1.97. The molecule has 0 rings (SSSR count). The maximum Gasteiger partial charge on any atom is 0.0749 e. The molecule has 2 N–H and O–H groups in total. The summed E-state index contributed by atoms with van der Waals surface area (Å²) in [6.07, 6.45) is 5.19. The molecule has 0 amide bonds. The van der Waals surface area contributed by atoms with Gasteiger partial charge in [0.15, 0.2) is 0 Å². The third-order valence-corrected chi connectivity index (χ3v) is 1.33. The van der Waals surface area contributed by atoms with Gasteiger partial charge in [-0.15, -0.1) is 0 Å². The van der Waals surface area contributed by atoms with Gasteiger partial charge in [0.2, 0.25) is 0 Å². The van der Waals surface area contributed by atoms with Crippen LogP contribution in [0.15, 0.2) is 12.2 Å². The van der Waals surface area contributed by atoms with Gasteiger partial charge in [0.25, 0.3) is 0 Å². The SMILES string of the molecule is CCC(/C=C/C(C)N)OC.